The van der Waals surface area contributed by atoms with Gasteiger partial charge in [0.25, 0.3) is 5.88 Å². The largest absolute Gasteiger partial charge is 0.478 e. The molecule has 26 heavy (non-hydrogen) atoms. The molecule has 1 aliphatic heterocycles. The van der Waals surface area contributed by atoms with E-state index in [0.29, 0.717) is 53.9 Å². The van der Waals surface area contributed by atoms with Crippen LogP contribution in [0.5, 0.6) is 5.88 Å². The zero-order valence-electron chi connectivity index (χ0n) is 15.4. The lowest BCUT2D eigenvalue weighted by atomic mass is 10.1. The minimum Gasteiger partial charge on any atom is -0.478 e. The Hall–Kier alpha value is -2.20. The highest BCUT2D eigenvalue weighted by molar-refractivity contribution is 7.89. The molecule has 0 radical (unpaired) electrons. The molecule has 9 nitrogen and oxygen atoms in total. The van der Waals surface area contributed by atoms with E-state index in [-0.39, 0.29) is 6.04 Å². The van der Waals surface area contributed by atoms with E-state index in [0.717, 1.165) is 0 Å². The van der Waals surface area contributed by atoms with Crippen molar-refractivity contribution in [2.24, 2.45) is 7.05 Å². The number of hydrogen-bond acceptors (Lipinski definition) is 7. The Bertz CT molecular complexity index is 887. The van der Waals surface area contributed by atoms with Crippen molar-refractivity contribution in [3.63, 3.8) is 0 Å². The van der Waals surface area contributed by atoms with Crippen LogP contribution in [-0.2, 0) is 17.1 Å². The SMILES string of the molecule is COc1nccnc1NC1CCN(S(=O)(=O)c2c(C)nn(C)c2C)CC1. The van der Waals surface area contributed by atoms with Crippen molar-refractivity contribution in [3.05, 3.63) is 23.8 Å². The fourth-order valence-electron chi connectivity index (χ4n) is 3.26. The number of methoxy groups -OCH3 is 1. The summed E-state index contributed by atoms with van der Waals surface area (Å²) in [5, 5.41) is 7.53. The van der Waals surface area contributed by atoms with Gasteiger partial charge in [0.05, 0.1) is 18.5 Å². The van der Waals surface area contributed by atoms with Crippen LogP contribution in [-0.4, -0.2) is 58.7 Å². The third-order valence-electron chi connectivity index (χ3n) is 4.69. The molecular formula is C16H24N6O3S. The van der Waals surface area contributed by atoms with Gasteiger partial charge < -0.3 is 10.1 Å². The molecule has 0 aromatic carbocycles. The van der Waals surface area contributed by atoms with Gasteiger partial charge in [-0.25, -0.2) is 18.4 Å². The number of anilines is 1. The lowest BCUT2D eigenvalue weighted by Gasteiger charge is -2.32. The van der Waals surface area contributed by atoms with Crippen molar-refractivity contribution < 1.29 is 13.2 Å². The summed E-state index contributed by atoms with van der Waals surface area (Å²) in [6.45, 7) is 4.39. The van der Waals surface area contributed by atoms with Crippen LogP contribution in [0.25, 0.3) is 0 Å². The van der Waals surface area contributed by atoms with Crippen LogP contribution in [0.2, 0.25) is 0 Å². The number of aromatic nitrogens is 4. The number of nitrogens with zero attached hydrogens (tertiary/aromatic N) is 5. The fraction of sp³-hybridized carbons (Fsp3) is 0.562. The number of sulfonamides is 1. The second kappa shape index (κ2) is 7.20. The summed E-state index contributed by atoms with van der Waals surface area (Å²) in [4.78, 5) is 8.68. The van der Waals surface area contributed by atoms with E-state index < -0.39 is 10.0 Å². The van der Waals surface area contributed by atoms with Crippen LogP contribution in [0.1, 0.15) is 24.2 Å². The number of piperidine rings is 1. The number of aryl methyl sites for hydroxylation is 2. The normalized spacial score (nSPS) is 16.6. The molecule has 0 unspecified atom stereocenters. The van der Waals surface area contributed by atoms with Gasteiger partial charge in [0.15, 0.2) is 5.82 Å². The van der Waals surface area contributed by atoms with Crippen LogP contribution < -0.4 is 10.1 Å². The van der Waals surface area contributed by atoms with Gasteiger partial charge >= 0.3 is 0 Å². The maximum Gasteiger partial charge on any atom is 0.257 e. The Morgan fingerprint density at radius 2 is 1.85 bits per heavy atom. The molecule has 0 saturated carbocycles. The molecule has 1 N–H and O–H groups in total. The first-order valence-corrected chi connectivity index (χ1v) is 9.90. The lowest BCUT2D eigenvalue weighted by molar-refractivity contribution is 0.328. The quantitative estimate of drug-likeness (QED) is 0.828. The van der Waals surface area contributed by atoms with Crippen molar-refractivity contribution in [1.29, 1.82) is 0 Å². The molecule has 1 fully saturated rings. The molecule has 3 heterocycles. The summed E-state index contributed by atoms with van der Waals surface area (Å²) >= 11 is 0. The molecule has 1 saturated heterocycles. The number of nitrogens with one attached hydrogen (secondary N) is 1. The van der Waals surface area contributed by atoms with Gasteiger partial charge in [0.1, 0.15) is 4.90 Å². The molecule has 3 rings (SSSR count). The summed E-state index contributed by atoms with van der Waals surface area (Å²) < 4.78 is 34.4. The highest BCUT2D eigenvalue weighted by Gasteiger charge is 2.33. The molecule has 0 amide bonds. The average molecular weight is 380 g/mol. The molecule has 0 bridgehead atoms. The predicted octanol–water partition coefficient (Wildman–Crippen LogP) is 1.10. The van der Waals surface area contributed by atoms with E-state index in [1.54, 1.807) is 45.1 Å². The zero-order chi connectivity index (χ0) is 18.9. The number of hydrogen-bond donors (Lipinski definition) is 1. The first-order chi connectivity index (χ1) is 12.3. The standard InChI is InChI=1S/C16H24N6O3S/c1-11-14(12(2)21(3)20-11)26(23,24)22-9-5-13(6-10-22)19-15-16(25-4)18-8-7-17-15/h7-8,13H,5-6,9-10H2,1-4H3,(H,17,19). The highest BCUT2D eigenvalue weighted by atomic mass is 32.2. The van der Waals surface area contributed by atoms with Gasteiger partial charge in [-0.15, -0.1) is 0 Å². The van der Waals surface area contributed by atoms with Crippen molar-refractivity contribution in [2.75, 3.05) is 25.5 Å². The van der Waals surface area contributed by atoms with Gasteiger partial charge in [0, 0.05) is 38.6 Å². The first-order valence-electron chi connectivity index (χ1n) is 8.46. The Morgan fingerprint density at radius 3 is 2.42 bits per heavy atom. The third kappa shape index (κ3) is 3.38. The Kier molecular flexibility index (Phi) is 5.15. The predicted molar refractivity (Wildman–Crippen MR) is 96.7 cm³/mol. The van der Waals surface area contributed by atoms with Crippen molar-refractivity contribution in [1.82, 2.24) is 24.1 Å². The monoisotopic (exact) mass is 380 g/mol. The molecule has 0 aliphatic carbocycles. The van der Waals surface area contributed by atoms with Crippen LogP contribution in [0.3, 0.4) is 0 Å². The smallest absolute Gasteiger partial charge is 0.257 e. The Balaban J connectivity index is 1.70. The summed E-state index contributed by atoms with van der Waals surface area (Å²) in [6.07, 6.45) is 4.52. The van der Waals surface area contributed by atoms with E-state index in [1.165, 1.54) is 4.31 Å². The van der Waals surface area contributed by atoms with E-state index in [9.17, 15) is 8.42 Å². The fourth-order valence-corrected chi connectivity index (χ4v) is 5.13. The van der Waals surface area contributed by atoms with E-state index in [2.05, 4.69) is 20.4 Å². The second-order valence-electron chi connectivity index (χ2n) is 6.36. The molecule has 10 heteroatoms. The second-order valence-corrected chi connectivity index (χ2v) is 8.24. The summed E-state index contributed by atoms with van der Waals surface area (Å²) in [7, 11) is -0.242. The number of ether oxygens (including phenoxy) is 1. The first kappa shape index (κ1) is 18.6. The zero-order valence-corrected chi connectivity index (χ0v) is 16.2. The Morgan fingerprint density at radius 1 is 1.19 bits per heavy atom. The average Bonchev–Trinajstić information content (AvgIpc) is 2.88. The highest BCUT2D eigenvalue weighted by Crippen LogP contribution is 2.27. The summed E-state index contributed by atoms with van der Waals surface area (Å²) in [5.74, 6) is 1.01. The Labute approximate surface area is 153 Å². The summed E-state index contributed by atoms with van der Waals surface area (Å²) in [6, 6.07) is 0.114. The molecule has 1 aliphatic rings. The van der Waals surface area contributed by atoms with Gasteiger partial charge in [-0.3, -0.25) is 4.68 Å². The lowest BCUT2D eigenvalue weighted by Crippen LogP contribution is -2.42. The molecule has 2 aromatic heterocycles. The maximum absolute atomic E-state index is 13.0. The van der Waals surface area contributed by atoms with Crippen molar-refractivity contribution in [2.45, 2.75) is 37.6 Å². The van der Waals surface area contributed by atoms with Crippen LogP contribution in [0.15, 0.2) is 17.3 Å². The topological polar surface area (TPSA) is 102 Å². The summed E-state index contributed by atoms with van der Waals surface area (Å²) in [5.41, 5.74) is 1.20. The van der Waals surface area contributed by atoms with Crippen molar-refractivity contribution >= 4 is 15.8 Å². The maximum atomic E-state index is 13.0. The van der Waals surface area contributed by atoms with Gasteiger partial charge in [-0.1, -0.05) is 0 Å². The van der Waals surface area contributed by atoms with Crippen LogP contribution in [0.4, 0.5) is 5.82 Å². The molecular weight excluding hydrogens is 356 g/mol. The van der Waals surface area contributed by atoms with Crippen molar-refractivity contribution in [3.8, 4) is 5.88 Å². The van der Waals surface area contributed by atoms with Gasteiger partial charge in [0.2, 0.25) is 10.0 Å². The van der Waals surface area contributed by atoms with E-state index >= 15 is 0 Å². The van der Waals surface area contributed by atoms with Gasteiger partial charge in [-0.05, 0) is 26.7 Å². The molecule has 2 aromatic rings. The number of rotatable bonds is 5. The van der Waals surface area contributed by atoms with E-state index in [1.807, 2.05) is 0 Å². The van der Waals surface area contributed by atoms with Crippen LogP contribution in [0, 0.1) is 13.8 Å². The van der Waals surface area contributed by atoms with Crippen LogP contribution >= 0.6 is 0 Å². The minimum absolute atomic E-state index is 0.114. The molecule has 0 atom stereocenters. The molecule has 142 valence electrons. The van der Waals surface area contributed by atoms with Gasteiger partial charge in [-0.2, -0.15) is 9.40 Å². The minimum atomic E-state index is -3.54. The van der Waals surface area contributed by atoms with E-state index in [4.69, 9.17) is 4.74 Å². The third-order valence-corrected chi connectivity index (χ3v) is 6.84. The molecule has 0 spiro atoms.